The average Bonchev–Trinajstić information content (AvgIpc) is 2.92. The zero-order valence-electron chi connectivity index (χ0n) is 28.6. The van der Waals surface area contributed by atoms with Crippen molar-refractivity contribution in [2.45, 2.75) is 176 Å². The Bertz CT molecular complexity index is 745. The van der Waals surface area contributed by atoms with Crippen molar-refractivity contribution in [3.8, 4) is 23.7 Å². The van der Waals surface area contributed by atoms with Crippen LogP contribution in [0.1, 0.15) is 170 Å². The summed E-state index contributed by atoms with van der Waals surface area (Å²) in [4.78, 5) is 21.7. The highest BCUT2D eigenvalue weighted by atomic mass is 35.5. The molecule has 0 aliphatic carbocycles. The number of rotatable bonds is 26. The number of ether oxygens (including phenoxy) is 1. The molecule has 0 rings (SSSR count). The van der Waals surface area contributed by atoms with Gasteiger partial charge in [0.2, 0.25) is 0 Å². The number of nitrogens with one attached hydrogen (secondary N) is 2. The van der Waals surface area contributed by atoms with Gasteiger partial charge in [0.1, 0.15) is 5.60 Å². The molecule has 0 fully saturated rings. The molecular formula is C37H71ClN2O4. The molecule has 0 radical (unpaired) electrons. The number of esters is 1. The maximum absolute atomic E-state index is 11.5. The summed E-state index contributed by atoms with van der Waals surface area (Å²) in [7, 11) is 0. The molecule has 44 heavy (non-hydrogen) atoms. The van der Waals surface area contributed by atoms with E-state index in [1.165, 1.54) is 103 Å². The summed E-state index contributed by atoms with van der Waals surface area (Å²) in [6.07, 6.45) is 25.2. The normalized spacial score (nSPS) is 10.0. The third kappa shape index (κ3) is 49.9. The minimum atomic E-state index is -0.773. The van der Waals surface area contributed by atoms with Gasteiger partial charge in [0, 0.05) is 12.8 Å². The molecule has 0 saturated carbocycles. The van der Waals surface area contributed by atoms with Gasteiger partial charge in [-0.25, -0.2) is 0 Å². The van der Waals surface area contributed by atoms with E-state index in [4.69, 9.17) is 9.84 Å². The molecular weight excluding hydrogens is 572 g/mol. The molecule has 0 aromatic rings. The molecule has 0 spiro atoms. The number of carboxylic acid groups (broad SMARTS) is 1. The van der Waals surface area contributed by atoms with E-state index in [0.717, 1.165) is 38.8 Å². The second kappa shape index (κ2) is 39.3. The minimum Gasteiger partial charge on any atom is -0.480 e. The third-order valence-corrected chi connectivity index (χ3v) is 6.63. The van der Waals surface area contributed by atoms with Gasteiger partial charge in [-0.05, 0) is 73.4 Å². The van der Waals surface area contributed by atoms with E-state index in [9.17, 15) is 9.59 Å². The Morgan fingerprint density at radius 1 is 0.591 bits per heavy atom. The Kier molecular flexibility index (Phi) is 43.9. The number of hydrogen-bond acceptors (Lipinski definition) is 5. The largest absolute Gasteiger partial charge is 0.480 e. The van der Waals surface area contributed by atoms with Crippen molar-refractivity contribution in [1.82, 2.24) is 10.6 Å². The Hall–Kier alpha value is -1.73. The topological polar surface area (TPSA) is 87.7 Å². The predicted octanol–water partition coefficient (Wildman–Crippen LogP) is 9.48. The van der Waals surface area contributed by atoms with E-state index < -0.39 is 5.97 Å². The van der Waals surface area contributed by atoms with Crippen molar-refractivity contribution in [2.24, 2.45) is 0 Å². The van der Waals surface area contributed by atoms with E-state index >= 15 is 0 Å². The van der Waals surface area contributed by atoms with Gasteiger partial charge >= 0.3 is 11.9 Å². The van der Waals surface area contributed by atoms with Crippen LogP contribution in [0.5, 0.6) is 0 Å². The number of carbonyl (C=O) groups is 2. The molecule has 0 unspecified atom stereocenters. The monoisotopic (exact) mass is 643 g/mol. The first-order valence-corrected chi connectivity index (χ1v) is 16.9. The van der Waals surface area contributed by atoms with E-state index in [2.05, 4.69) is 34.3 Å². The first-order valence-electron chi connectivity index (χ1n) is 16.9. The first-order chi connectivity index (χ1) is 20.2. The quantitative estimate of drug-likeness (QED) is 0.0495. The van der Waals surface area contributed by atoms with Crippen molar-refractivity contribution in [1.29, 1.82) is 0 Å². The van der Waals surface area contributed by atoms with Crippen LogP contribution in [0.2, 0.25) is 0 Å². The highest BCUT2D eigenvalue weighted by Gasteiger charge is 2.15. The second-order valence-electron chi connectivity index (χ2n) is 12.1. The molecule has 3 N–H and O–H groups in total. The first kappa shape index (κ1) is 49.2. The Morgan fingerprint density at radius 3 is 1.23 bits per heavy atom. The van der Waals surface area contributed by atoms with Gasteiger partial charge in [-0.2, -0.15) is 0 Å². The lowest BCUT2D eigenvalue weighted by atomic mass is 10.1. The molecule has 0 amide bonds. The number of halogens is 1. The number of carbonyl (C=O) groups excluding carboxylic acids is 1. The zero-order chi connectivity index (χ0) is 31.6. The molecule has 0 aliphatic rings. The third-order valence-electron chi connectivity index (χ3n) is 6.63. The summed E-state index contributed by atoms with van der Waals surface area (Å²) in [5.41, 5.74) is -0.387. The van der Waals surface area contributed by atoms with Crippen molar-refractivity contribution in [3.05, 3.63) is 0 Å². The summed E-state index contributed by atoms with van der Waals surface area (Å²) in [6.45, 7) is 11.6. The SMILES string of the molecule is C.CC#CCCCCCCCCCCCNCC(=O)O.CC#CCCCCCCCCCCCNCC(=O)OC(C)(C)C.Cl. The van der Waals surface area contributed by atoms with Gasteiger partial charge in [0.15, 0.2) is 0 Å². The fourth-order valence-electron chi connectivity index (χ4n) is 4.42. The van der Waals surface area contributed by atoms with E-state index in [1.54, 1.807) is 0 Å². The van der Waals surface area contributed by atoms with Crippen molar-refractivity contribution < 1.29 is 19.4 Å². The van der Waals surface area contributed by atoms with Gasteiger partial charge in [-0.15, -0.1) is 36.1 Å². The molecule has 260 valence electrons. The number of hydrogen-bond donors (Lipinski definition) is 3. The number of unbranched alkanes of at least 4 members (excludes halogenated alkanes) is 18. The van der Waals surface area contributed by atoms with Gasteiger partial charge in [0.25, 0.3) is 0 Å². The molecule has 0 saturated heterocycles. The Balaban J connectivity index is -0.000000354. The Labute approximate surface area is 279 Å². The van der Waals surface area contributed by atoms with Crippen LogP contribution in [0, 0.1) is 23.7 Å². The van der Waals surface area contributed by atoms with Crippen LogP contribution in [-0.4, -0.2) is 48.8 Å². The van der Waals surface area contributed by atoms with E-state index in [1.807, 2.05) is 34.6 Å². The van der Waals surface area contributed by atoms with Gasteiger partial charge in [-0.3, -0.25) is 9.59 Å². The van der Waals surface area contributed by atoms with Crippen LogP contribution >= 0.6 is 12.4 Å². The van der Waals surface area contributed by atoms with Crippen molar-refractivity contribution in [3.63, 3.8) is 0 Å². The van der Waals surface area contributed by atoms with E-state index in [-0.39, 0.29) is 37.9 Å². The number of carboxylic acids is 1. The van der Waals surface area contributed by atoms with Gasteiger partial charge in [0.05, 0.1) is 13.1 Å². The van der Waals surface area contributed by atoms with Crippen molar-refractivity contribution >= 4 is 24.3 Å². The maximum Gasteiger partial charge on any atom is 0.320 e. The van der Waals surface area contributed by atoms with E-state index in [0.29, 0.717) is 6.54 Å². The standard InChI is InChI=1S/C20H37NO2.C16H29NO2.CH4.ClH/c1-5-6-7-8-9-10-11-12-13-14-15-16-17-21-18-19(22)23-20(2,3)4;1-2-3-4-5-6-7-8-9-10-11-12-13-14-17-15-16(18)19;;/h21H,7-18H2,1-4H3;17H,4-15H2,1H3,(H,18,19);1H4;1H. The highest BCUT2D eigenvalue weighted by molar-refractivity contribution is 5.85. The summed E-state index contributed by atoms with van der Waals surface area (Å²) in [5, 5.41) is 14.5. The maximum atomic E-state index is 11.5. The molecule has 6 nitrogen and oxygen atoms in total. The minimum absolute atomic E-state index is 0. The van der Waals surface area contributed by atoms with Crippen LogP contribution in [0.3, 0.4) is 0 Å². The van der Waals surface area contributed by atoms with Crippen LogP contribution in [0.15, 0.2) is 0 Å². The summed E-state index contributed by atoms with van der Waals surface area (Å²) < 4.78 is 5.24. The van der Waals surface area contributed by atoms with Crippen molar-refractivity contribution in [2.75, 3.05) is 26.2 Å². The average molecular weight is 643 g/mol. The fourth-order valence-corrected chi connectivity index (χ4v) is 4.42. The summed E-state index contributed by atoms with van der Waals surface area (Å²) >= 11 is 0. The zero-order valence-corrected chi connectivity index (χ0v) is 29.4. The lowest BCUT2D eigenvalue weighted by Crippen LogP contribution is -2.31. The molecule has 0 heterocycles. The summed E-state index contributed by atoms with van der Waals surface area (Å²) in [5.74, 6) is 11.1. The summed E-state index contributed by atoms with van der Waals surface area (Å²) in [6, 6.07) is 0. The van der Waals surface area contributed by atoms with Crippen LogP contribution < -0.4 is 10.6 Å². The van der Waals surface area contributed by atoms with Crippen LogP contribution in [0.25, 0.3) is 0 Å². The van der Waals surface area contributed by atoms with Gasteiger partial charge in [-0.1, -0.05) is 97.3 Å². The Morgan fingerprint density at radius 2 is 0.909 bits per heavy atom. The highest BCUT2D eigenvalue weighted by Crippen LogP contribution is 2.11. The fraction of sp³-hybridized carbons (Fsp3) is 0.838. The molecule has 0 aromatic heterocycles. The molecule has 7 heteroatoms. The second-order valence-corrected chi connectivity index (χ2v) is 12.1. The predicted molar refractivity (Wildman–Crippen MR) is 192 cm³/mol. The number of aliphatic carboxylic acids is 1. The molecule has 0 bridgehead atoms. The molecule has 0 aliphatic heterocycles. The van der Waals surface area contributed by atoms with Crippen LogP contribution in [0.4, 0.5) is 0 Å². The van der Waals surface area contributed by atoms with Gasteiger partial charge < -0.3 is 20.5 Å². The lowest BCUT2D eigenvalue weighted by Gasteiger charge is -2.19. The van der Waals surface area contributed by atoms with Crippen LogP contribution in [-0.2, 0) is 14.3 Å². The molecule has 0 aromatic carbocycles. The molecule has 0 atom stereocenters. The smallest absolute Gasteiger partial charge is 0.320 e. The lowest BCUT2D eigenvalue weighted by molar-refractivity contribution is -0.153.